The molecule has 0 bridgehead atoms. The van der Waals surface area contributed by atoms with Gasteiger partial charge in [0, 0.05) is 25.6 Å². The predicted molar refractivity (Wildman–Crippen MR) is 84.4 cm³/mol. The van der Waals surface area contributed by atoms with Gasteiger partial charge in [-0.25, -0.2) is 24.8 Å². The molecular formula is C14H18N8O. The van der Waals surface area contributed by atoms with Gasteiger partial charge in [0.25, 0.3) is 0 Å². The third-order valence-corrected chi connectivity index (χ3v) is 4.39. The first-order chi connectivity index (χ1) is 11.3. The van der Waals surface area contributed by atoms with Crippen molar-refractivity contribution < 1.29 is 0 Å². The molecule has 1 saturated heterocycles. The van der Waals surface area contributed by atoms with E-state index < -0.39 is 0 Å². The van der Waals surface area contributed by atoms with Gasteiger partial charge in [-0.15, -0.1) is 0 Å². The van der Waals surface area contributed by atoms with Crippen molar-refractivity contribution in [3.63, 3.8) is 0 Å². The Hall–Kier alpha value is -2.71. The summed E-state index contributed by atoms with van der Waals surface area (Å²) in [4.78, 5) is 29.9. The lowest BCUT2D eigenvalue weighted by molar-refractivity contribution is 0.470. The van der Waals surface area contributed by atoms with Crippen LogP contribution in [0, 0.1) is 0 Å². The lowest BCUT2D eigenvalue weighted by atomic mass is 9.97. The fraction of sp³-hybridized carbons (Fsp3) is 0.500. The Kier molecular flexibility index (Phi) is 3.32. The SMILES string of the molecule is CCn1c([C@@H]2CCCN(c3ncnc4nc[nH]c34)C2)n[nH]c1=O. The highest BCUT2D eigenvalue weighted by atomic mass is 16.1. The minimum atomic E-state index is -0.141. The fourth-order valence-corrected chi connectivity index (χ4v) is 3.32. The van der Waals surface area contributed by atoms with Crippen LogP contribution in [0.3, 0.4) is 0 Å². The summed E-state index contributed by atoms with van der Waals surface area (Å²) in [6.45, 7) is 4.27. The average molecular weight is 314 g/mol. The number of hydrogen-bond donors (Lipinski definition) is 2. The van der Waals surface area contributed by atoms with Crippen molar-refractivity contribution in [3.8, 4) is 0 Å². The number of hydrogen-bond acceptors (Lipinski definition) is 6. The normalized spacial score (nSPS) is 18.7. The molecule has 1 atom stereocenters. The van der Waals surface area contributed by atoms with Gasteiger partial charge < -0.3 is 9.88 Å². The number of fused-ring (bicyclic) bond motifs is 1. The summed E-state index contributed by atoms with van der Waals surface area (Å²) in [6.07, 6.45) is 5.21. The minimum Gasteiger partial charge on any atom is -0.354 e. The van der Waals surface area contributed by atoms with Crippen LogP contribution in [0.2, 0.25) is 0 Å². The summed E-state index contributed by atoms with van der Waals surface area (Å²) in [5.41, 5.74) is 1.38. The van der Waals surface area contributed by atoms with Crippen LogP contribution in [0.25, 0.3) is 11.2 Å². The summed E-state index contributed by atoms with van der Waals surface area (Å²) in [7, 11) is 0. The van der Waals surface area contributed by atoms with Crippen molar-refractivity contribution in [2.45, 2.75) is 32.2 Å². The number of rotatable bonds is 3. The molecule has 0 amide bonds. The van der Waals surface area contributed by atoms with Crippen molar-refractivity contribution in [1.82, 2.24) is 34.7 Å². The summed E-state index contributed by atoms with van der Waals surface area (Å²) in [5, 5.41) is 6.80. The molecule has 0 radical (unpaired) electrons. The standard InChI is InChI=1S/C14H18N8O/c1-2-22-12(19-20-14(22)23)9-4-3-5-21(6-9)13-10-11(16-7-15-10)17-8-18-13/h7-9H,2-6H2,1H3,(H,20,23)(H,15,16,17,18)/t9-/m1/s1. The minimum absolute atomic E-state index is 0.141. The lowest BCUT2D eigenvalue weighted by Gasteiger charge is -2.33. The Balaban J connectivity index is 1.67. The lowest BCUT2D eigenvalue weighted by Crippen LogP contribution is -2.36. The Morgan fingerprint density at radius 1 is 1.35 bits per heavy atom. The van der Waals surface area contributed by atoms with Gasteiger partial charge in [-0.05, 0) is 19.8 Å². The van der Waals surface area contributed by atoms with Crippen LogP contribution in [0.1, 0.15) is 31.5 Å². The van der Waals surface area contributed by atoms with Gasteiger partial charge >= 0.3 is 5.69 Å². The Labute approximate surface area is 131 Å². The van der Waals surface area contributed by atoms with Crippen molar-refractivity contribution in [2.24, 2.45) is 0 Å². The number of H-pyrrole nitrogens is 2. The van der Waals surface area contributed by atoms with E-state index in [9.17, 15) is 4.79 Å². The van der Waals surface area contributed by atoms with Crippen LogP contribution < -0.4 is 10.6 Å². The third kappa shape index (κ3) is 2.28. The summed E-state index contributed by atoms with van der Waals surface area (Å²) < 4.78 is 1.71. The molecule has 9 heteroatoms. The monoisotopic (exact) mass is 314 g/mol. The second kappa shape index (κ2) is 5.49. The van der Waals surface area contributed by atoms with E-state index in [2.05, 4.69) is 35.0 Å². The molecule has 1 aliphatic rings. The number of aromatic amines is 2. The molecule has 0 unspecified atom stereocenters. The molecule has 1 aliphatic heterocycles. The molecule has 120 valence electrons. The van der Waals surface area contributed by atoms with E-state index in [1.165, 1.54) is 0 Å². The second-order valence-corrected chi connectivity index (χ2v) is 5.71. The number of aromatic nitrogens is 7. The molecule has 0 spiro atoms. The van der Waals surface area contributed by atoms with E-state index in [0.29, 0.717) is 12.2 Å². The molecule has 0 aliphatic carbocycles. The van der Waals surface area contributed by atoms with Gasteiger partial charge in [0.05, 0.1) is 6.33 Å². The molecule has 0 saturated carbocycles. The number of nitrogens with one attached hydrogen (secondary N) is 2. The van der Waals surface area contributed by atoms with Crippen molar-refractivity contribution in [2.75, 3.05) is 18.0 Å². The smallest absolute Gasteiger partial charge is 0.343 e. The Morgan fingerprint density at radius 3 is 3.13 bits per heavy atom. The zero-order chi connectivity index (χ0) is 15.8. The zero-order valence-electron chi connectivity index (χ0n) is 12.9. The summed E-state index contributed by atoms with van der Waals surface area (Å²) in [5.74, 6) is 1.89. The summed E-state index contributed by atoms with van der Waals surface area (Å²) >= 11 is 0. The quantitative estimate of drug-likeness (QED) is 0.734. The molecule has 9 nitrogen and oxygen atoms in total. The number of nitrogens with zero attached hydrogens (tertiary/aromatic N) is 6. The maximum atomic E-state index is 11.8. The van der Waals surface area contributed by atoms with Crippen LogP contribution in [0.4, 0.5) is 5.82 Å². The van der Waals surface area contributed by atoms with Crippen LogP contribution in [0.5, 0.6) is 0 Å². The van der Waals surface area contributed by atoms with Gasteiger partial charge in [0.1, 0.15) is 17.7 Å². The Bertz CT molecular complexity index is 878. The van der Waals surface area contributed by atoms with Gasteiger partial charge in [-0.2, -0.15) is 5.10 Å². The largest absolute Gasteiger partial charge is 0.354 e. The van der Waals surface area contributed by atoms with Crippen LogP contribution in [-0.2, 0) is 6.54 Å². The first-order valence-electron chi connectivity index (χ1n) is 7.82. The first-order valence-corrected chi connectivity index (χ1v) is 7.82. The average Bonchev–Trinajstić information content (AvgIpc) is 3.20. The van der Waals surface area contributed by atoms with Crippen LogP contribution >= 0.6 is 0 Å². The maximum absolute atomic E-state index is 11.8. The molecule has 0 aromatic carbocycles. The predicted octanol–water partition coefficient (Wildman–Crippen LogP) is 0.642. The number of imidazole rings is 1. The first kappa shape index (κ1) is 13.9. The number of anilines is 1. The molecule has 4 heterocycles. The van der Waals surface area contributed by atoms with E-state index >= 15 is 0 Å². The topological polar surface area (TPSA) is 108 Å². The highest BCUT2D eigenvalue weighted by Crippen LogP contribution is 2.29. The molecule has 2 N–H and O–H groups in total. The molecule has 23 heavy (non-hydrogen) atoms. The molecule has 4 rings (SSSR count). The highest BCUT2D eigenvalue weighted by molar-refractivity contribution is 5.82. The Morgan fingerprint density at radius 2 is 2.26 bits per heavy atom. The second-order valence-electron chi connectivity index (χ2n) is 5.71. The fourth-order valence-electron chi connectivity index (χ4n) is 3.32. The van der Waals surface area contributed by atoms with E-state index in [4.69, 9.17) is 0 Å². The highest BCUT2D eigenvalue weighted by Gasteiger charge is 2.27. The van der Waals surface area contributed by atoms with Gasteiger partial charge in [-0.1, -0.05) is 0 Å². The van der Waals surface area contributed by atoms with Crippen molar-refractivity contribution in [1.29, 1.82) is 0 Å². The van der Waals surface area contributed by atoms with Gasteiger partial charge in [0.2, 0.25) is 0 Å². The van der Waals surface area contributed by atoms with Crippen molar-refractivity contribution >= 4 is 17.0 Å². The van der Waals surface area contributed by atoms with Crippen LogP contribution in [-0.4, -0.2) is 47.8 Å². The molecule has 3 aromatic heterocycles. The summed E-state index contributed by atoms with van der Waals surface area (Å²) in [6, 6.07) is 0. The van der Waals surface area contributed by atoms with Gasteiger partial charge in [-0.3, -0.25) is 4.57 Å². The molecule has 3 aromatic rings. The van der Waals surface area contributed by atoms with E-state index in [1.807, 2.05) is 6.92 Å². The van der Waals surface area contributed by atoms with E-state index in [0.717, 1.165) is 43.1 Å². The van der Waals surface area contributed by atoms with Crippen LogP contribution in [0.15, 0.2) is 17.4 Å². The van der Waals surface area contributed by atoms with E-state index in [-0.39, 0.29) is 11.6 Å². The maximum Gasteiger partial charge on any atom is 0.343 e. The zero-order valence-corrected chi connectivity index (χ0v) is 12.9. The van der Waals surface area contributed by atoms with E-state index in [1.54, 1.807) is 17.2 Å². The van der Waals surface area contributed by atoms with Crippen molar-refractivity contribution in [3.05, 3.63) is 29.0 Å². The molecule has 1 fully saturated rings. The van der Waals surface area contributed by atoms with Gasteiger partial charge in [0.15, 0.2) is 11.5 Å². The molecular weight excluding hydrogens is 296 g/mol. The third-order valence-electron chi connectivity index (χ3n) is 4.39. The number of piperidine rings is 1.